The second kappa shape index (κ2) is 4.81. The van der Waals surface area contributed by atoms with Gasteiger partial charge in [-0.3, -0.25) is 4.90 Å². The molecule has 1 heterocycles. The standard InChI is InChI=1S/C14H19NO/c1-3-7-14(16)13-10-15(13)11(2)12-8-5-4-6-9-12/h3-9,11,13-14,16H,10H2,1-2H3/t11-,13?,14-,15?/m1/s1. The number of hydrogen-bond acceptors (Lipinski definition) is 2. The summed E-state index contributed by atoms with van der Waals surface area (Å²) in [4.78, 5) is 2.32. The van der Waals surface area contributed by atoms with Gasteiger partial charge in [0, 0.05) is 12.6 Å². The SMILES string of the molecule is CC=C[C@@H](O)C1CN1[C@H](C)c1ccccc1. The molecular formula is C14H19NO. The van der Waals surface area contributed by atoms with E-state index in [1.54, 1.807) is 0 Å². The lowest BCUT2D eigenvalue weighted by molar-refractivity contribution is 0.192. The molecule has 2 unspecified atom stereocenters. The van der Waals surface area contributed by atoms with Crippen molar-refractivity contribution in [2.45, 2.75) is 32.0 Å². The highest BCUT2D eigenvalue weighted by molar-refractivity contribution is 5.21. The van der Waals surface area contributed by atoms with Gasteiger partial charge in [0.05, 0.1) is 12.1 Å². The lowest BCUT2D eigenvalue weighted by Gasteiger charge is -2.15. The van der Waals surface area contributed by atoms with Crippen LogP contribution in [0.1, 0.15) is 25.5 Å². The van der Waals surface area contributed by atoms with Crippen LogP contribution in [0.15, 0.2) is 42.5 Å². The van der Waals surface area contributed by atoms with Crippen LogP contribution in [0.4, 0.5) is 0 Å². The second-order valence-corrected chi connectivity index (χ2v) is 4.37. The van der Waals surface area contributed by atoms with Gasteiger partial charge in [0.1, 0.15) is 0 Å². The smallest absolute Gasteiger partial charge is 0.0888 e. The largest absolute Gasteiger partial charge is 0.387 e. The Morgan fingerprint density at radius 1 is 1.38 bits per heavy atom. The average Bonchev–Trinajstić information content (AvgIpc) is 3.09. The Morgan fingerprint density at radius 3 is 2.69 bits per heavy atom. The van der Waals surface area contributed by atoms with E-state index in [9.17, 15) is 5.11 Å². The van der Waals surface area contributed by atoms with Crippen molar-refractivity contribution in [3.05, 3.63) is 48.0 Å². The predicted octanol–water partition coefficient (Wildman–Crippen LogP) is 2.37. The van der Waals surface area contributed by atoms with Gasteiger partial charge in [-0.05, 0) is 19.4 Å². The van der Waals surface area contributed by atoms with Crippen LogP contribution in [-0.4, -0.2) is 28.7 Å². The Labute approximate surface area is 97.2 Å². The van der Waals surface area contributed by atoms with Crippen LogP contribution in [-0.2, 0) is 0 Å². The highest BCUT2D eigenvalue weighted by atomic mass is 16.3. The molecule has 0 spiro atoms. The Hall–Kier alpha value is -1.12. The number of aliphatic hydroxyl groups excluding tert-OH is 1. The van der Waals surface area contributed by atoms with Crippen LogP contribution in [0.5, 0.6) is 0 Å². The molecule has 0 bridgehead atoms. The summed E-state index contributed by atoms with van der Waals surface area (Å²) >= 11 is 0. The molecule has 16 heavy (non-hydrogen) atoms. The first-order chi connectivity index (χ1) is 7.74. The third kappa shape index (κ3) is 2.34. The Morgan fingerprint density at radius 2 is 2.06 bits per heavy atom. The highest BCUT2D eigenvalue weighted by Crippen LogP contribution is 2.33. The minimum atomic E-state index is -0.323. The van der Waals surface area contributed by atoms with Gasteiger partial charge in [-0.15, -0.1) is 0 Å². The molecular weight excluding hydrogens is 198 g/mol. The molecule has 0 amide bonds. The maximum atomic E-state index is 9.83. The quantitative estimate of drug-likeness (QED) is 0.618. The summed E-state index contributed by atoms with van der Waals surface area (Å²) in [6.45, 7) is 5.12. The number of rotatable bonds is 4. The summed E-state index contributed by atoms with van der Waals surface area (Å²) in [5.41, 5.74) is 1.32. The van der Waals surface area contributed by atoms with E-state index in [0.717, 1.165) is 6.54 Å². The fraction of sp³-hybridized carbons (Fsp3) is 0.429. The third-order valence-electron chi connectivity index (χ3n) is 3.25. The van der Waals surface area contributed by atoms with Crippen molar-refractivity contribution >= 4 is 0 Å². The topological polar surface area (TPSA) is 23.2 Å². The van der Waals surface area contributed by atoms with Crippen molar-refractivity contribution in [1.82, 2.24) is 4.90 Å². The molecule has 1 aliphatic heterocycles. The zero-order chi connectivity index (χ0) is 11.5. The molecule has 2 heteroatoms. The van der Waals surface area contributed by atoms with Gasteiger partial charge in [0.2, 0.25) is 0 Å². The molecule has 86 valence electrons. The first-order valence-corrected chi connectivity index (χ1v) is 5.85. The van der Waals surface area contributed by atoms with Crippen molar-refractivity contribution in [2.24, 2.45) is 0 Å². The summed E-state index contributed by atoms with van der Waals surface area (Å²) < 4.78 is 0. The van der Waals surface area contributed by atoms with Gasteiger partial charge < -0.3 is 5.11 Å². The molecule has 1 N–H and O–H groups in total. The maximum absolute atomic E-state index is 9.83. The average molecular weight is 217 g/mol. The predicted molar refractivity (Wildman–Crippen MR) is 66.2 cm³/mol. The number of hydrogen-bond donors (Lipinski definition) is 1. The molecule has 0 radical (unpaired) electrons. The van der Waals surface area contributed by atoms with E-state index in [1.807, 2.05) is 25.1 Å². The summed E-state index contributed by atoms with van der Waals surface area (Å²) in [6.07, 6.45) is 3.45. The molecule has 1 saturated heterocycles. The first kappa shape index (κ1) is 11.4. The van der Waals surface area contributed by atoms with Crippen LogP contribution in [0.2, 0.25) is 0 Å². The first-order valence-electron chi connectivity index (χ1n) is 5.85. The van der Waals surface area contributed by atoms with Gasteiger partial charge in [-0.2, -0.15) is 0 Å². The monoisotopic (exact) mass is 217 g/mol. The van der Waals surface area contributed by atoms with Gasteiger partial charge in [-0.1, -0.05) is 42.5 Å². The molecule has 2 rings (SSSR count). The molecule has 4 atom stereocenters. The second-order valence-electron chi connectivity index (χ2n) is 4.37. The maximum Gasteiger partial charge on any atom is 0.0888 e. The number of benzene rings is 1. The zero-order valence-corrected chi connectivity index (χ0v) is 9.88. The lowest BCUT2D eigenvalue weighted by atomic mass is 10.1. The zero-order valence-electron chi connectivity index (χ0n) is 9.88. The molecule has 0 saturated carbocycles. The lowest BCUT2D eigenvalue weighted by Crippen LogP contribution is -2.18. The van der Waals surface area contributed by atoms with Crippen LogP contribution in [0, 0.1) is 0 Å². The minimum Gasteiger partial charge on any atom is -0.387 e. The van der Waals surface area contributed by atoms with E-state index in [0.29, 0.717) is 12.1 Å². The van der Waals surface area contributed by atoms with E-state index in [4.69, 9.17) is 0 Å². The fourth-order valence-electron chi connectivity index (χ4n) is 2.17. The minimum absolute atomic E-state index is 0.298. The van der Waals surface area contributed by atoms with E-state index in [-0.39, 0.29) is 6.10 Å². The molecule has 0 aromatic heterocycles. The number of allylic oxidation sites excluding steroid dienone is 1. The van der Waals surface area contributed by atoms with Crippen molar-refractivity contribution in [2.75, 3.05) is 6.54 Å². The van der Waals surface area contributed by atoms with Gasteiger partial charge in [0.25, 0.3) is 0 Å². The van der Waals surface area contributed by atoms with Gasteiger partial charge in [-0.25, -0.2) is 0 Å². The third-order valence-corrected chi connectivity index (χ3v) is 3.25. The Kier molecular flexibility index (Phi) is 3.42. The van der Waals surface area contributed by atoms with Crippen molar-refractivity contribution in [1.29, 1.82) is 0 Å². The van der Waals surface area contributed by atoms with Crippen LogP contribution in [0.3, 0.4) is 0 Å². The van der Waals surface area contributed by atoms with E-state index in [2.05, 4.69) is 36.1 Å². The van der Waals surface area contributed by atoms with Crippen LogP contribution < -0.4 is 0 Å². The molecule has 1 aromatic carbocycles. The number of aliphatic hydroxyl groups is 1. The van der Waals surface area contributed by atoms with Crippen molar-refractivity contribution < 1.29 is 5.11 Å². The van der Waals surface area contributed by atoms with Crippen molar-refractivity contribution in [3.8, 4) is 0 Å². The van der Waals surface area contributed by atoms with E-state index >= 15 is 0 Å². The number of nitrogens with zero attached hydrogens (tertiary/aromatic N) is 1. The normalized spacial score (nSPS) is 27.9. The summed E-state index contributed by atoms with van der Waals surface area (Å²) in [6, 6.07) is 11.1. The Balaban J connectivity index is 1.97. The molecule has 1 aliphatic rings. The fourth-order valence-corrected chi connectivity index (χ4v) is 2.17. The van der Waals surface area contributed by atoms with E-state index < -0.39 is 0 Å². The molecule has 1 fully saturated rings. The van der Waals surface area contributed by atoms with Crippen molar-refractivity contribution in [3.63, 3.8) is 0 Å². The van der Waals surface area contributed by atoms with Gasteiger partial charge in [0.15, 0.2) is 0 Å². The summed E-state index contributed by atoms with van der Waals surface area (Å²) in [5, 5.41) is 9.83. The summed E-state index contributed by atoms with van der Waals surface area (Å²) in [5.74, 6) is 0. The van der Waals surface area contributed by atoms with Crippen LogP contribution in [0.25, 0.3) is 0 Å². The Bertz CT molecular complexity index is 360. The summed E-state index contributed by atoms with van der Waals surface area (Å²) in [7, 11) is 0. The van der Waals surface area contributed by atoms with Crippen LogP contribution >= 0.6 is 0 Å². The molecule has 0 aliphatic carbocycles. The molecule has 1 aromatic rings. The highest BCUT2D eigenvalue weighted by Gasteiger charge is 2.41. The van der Waals surface area contributed by atoms with Gasteiger partial charge >= 0.3 is 0 Å². The van der Waals surface area contributed by atoms with E-state index in [1.165, 1.54) is 5.56 Å². The molecule has 2 nitrogen and oxygen atoms in total.